The SMILES string of the molecule is OCCCCc1cn(-c2cncc(OC[C@@H]3CCN3CI)c2)nn1. The maximum atomic E-state index is 8.83. The summed E-state index contributed by atoms with van der Waals surface area (Å²) in [7, 11) is 0. The van der Waals surface area contributed by atoms with E-state index in [0.29, 0.717) is 12.6 Å². The number of aliphatic hydroxyl groups is 1. The Morgan fingerprint density at radius 2 is 2.25 bits per heavy atom. The van der Waals surface area contributed by atoms with Crippen molar-refractivity contribution >= 4 is 22.6 Å². The Morgan fingerprint density at radius 1 is 1.33 bits per heavy atom. The normalized spacial score (nSPS) is 17.7. The van der Waals surface area contributed by atoms with Crippen LogP contribution < -0.4 is 4.74 Å². The van der Waals surface area contributed by atoms with Crippen LogP contribution in [0.25, 0.3) is 5.69 Å². The molecule has 2 aromatic heterocycles. The van der Waals surface area contributed by atoms with Gasteiger partial charge in [0.05, 0.1) is 34.5 Å². The molecule has 0 aromatic carbocycles. The average molecular weight is 443 g/mol. The van der Waals surface area contributed by atoms with Crippen LogP contribution in [0.3, 0.4) is 0 Å². The fraction of sp³-hybridized carbons (Fsp3) is 0.562. The van der Waals surface area contributed by atoms with E-state index >= 15 is 0 Å². The summed E-state index contributed by atoms with van der Waals surface area (Å²) in [6.07, 6.45) is 9.09. The summed E-state index contributed by atoms with van der Waals surface area (Å²) in [6, 6.07) is 2.45. The van der Waals surface area contributed by atoms with Crippen LogP contribution in [0, 0.1) is 0 Å². The number of likely N-dealkylation sites (tertiary alicyclic amines) is 1. The van der Waals surface area contributed by atoms with Crippen LogP contribution in [0.4, 0.5) is 0 Å². The van der Waals surface area contributed by atoms with E-state index in [0.717, 1.165) is 47.5 Å². The minimum absolute atomic E-state index is 0.216. The van der Waals surface area contributed by atoms with E-state index in [1.807, 2.05) is 12.3 Å². The lowest BCUT2D eigenvalue weighted by molar-refractivity contribution is 0.0736. The lowest BCUT2D eigenvalue weighted by Gasteiger charge is -2.39. The number of hydrogen-bond acceptors (Lipinski definition) is 6. The first-order valence-electron chi connectivity index (χ1n) is 8.20. The summed E-state index contributed by atoms with van der Waals surface area (Å²) in [5.41, 5.74) is 1.76. The van der Waals surface area contributed by atoms with Gasteiger partial charge in [-0.25, -0.2) is 4.68 Å². The van der Waals surface area contributed by atoms with Crippen molar-refractivity contribution in [1.29, 1.82) is 0 Å². The van der Waals surface area contributed by atoms with Crippen molar-refractivity contribution in [3.05, 3.63) is 30.4 Å². The molecule has 0 radical (unpaired) electrons. The molecule has 7 nitrogen and oxygen atoms in total. The molecule has 2 aromatic rings. The predicted molar refractivity (Wildman–Crippen MR) is 98.7 cm³/mol. The van der Waals surface area contributed by atoms with Crippen molar-refractivity contribution in [3.8, 4) is 11.4 Å². The first-order valence-corrected chi connectivity index (χ1v) is 9.73. The maximum Gasteiger partial charge on any atom is 0.139 e. The molecule has 0 saturated carbocycles. The zero-order chi connectivity index (χ0) is 16.8. The molecule has 8 heteroatoms. The third-order valence-electron chi connectivity index (χ3n) is 4.21. The fourth-order valence-corrected chi connectivity index (χ4v) is 3.50. The number of pyridine rings is 1. The third kappa shape index (κ3) is 4.42. The number of halogens is 1. The van der Waals surface area contributed by atoms with Crippen LogP contribution in [0.5, 0.6) is 5.75 Å². The van der Waals surface area contributed by atoms with Crippen molar-refractivity contribution in [2.75, 3.05) is 24.3 Å². The molecule has 0 aliphatic carbocycles. The predicted octanol–water partition coefficient (Wildman–Crippen LogP) is 1.82. The van der Waals surface area contributed by atoms with Crippen molar-refractivity contribution in [2.45, 2.75) is 31.7 Å². The third-order valence-corrected chi connectivity index (χ3v) is 5.08. The summed E-state index contributed by atoms with van der Waals surface area (Å²) < 4.78 is 8.65. The topological polar surface area (TPSA) is 76.3 Å². The molecule has 1 saturated heterocycles. The van der Waals surface area contributed by atoms with E-state index < -0.39 is 0 Å². The van der Waals surface area contributed by atoms with E-state index in [9.17, 15) is 0 Å². The number of alkyl halides is 1. The Bertz CT molecular complexity index is 649. The van der Waals surface area contributed by atoms with Gasteiger partial charge in [0.15, 0.2) is 0 Å². The lowest BCUT2D eigenvalue weighted by atomic mass is 10.1. The zero-order valence-electron chi connectivity index (χ0n) is 13.5. The second-order valence-electron chi connectivity index (χ2n) is 5.90. The van der Waals surface area contributed by atoms with Gasteiger partial charge in [-0.05, 0) is 25.7 Å². The molecular weight excluding hydrogens is 421 g/mol. The zero-order valence-corrected chi connectivity index (χ0v) is 15.7. The number of rotatable bonds is 9. The molecule has 130 valence electrons. The Balaban J connectivity index is 1.58. The number of unbranched alkanes of at least 4 members (excludes halogenated alkanes) is 1. The van der Waals surface area contributed by atoms with Gasteiger partial charge in [0.2, 0.25) is 0 Å². The molecule has 1 N–H and O–H groups in total. The van der Waals surface area contributed by atoms with Gasteiger partial charge in [-0.15, -0.1) is 5.10 Å². The summed E-state index contributed by atoms with van der Waals surface area (Å²) in [4.78, 5) is 6.64. The summed E-state index contributed by atoms with van der Waals surface area (Å²) >= 11 is 2.39. The average Bonchev–Trinajstić information content (AvgIpc) is 3.04. The first kappa shape index (κ1) is 17.6. The highest BCUT2D eigenvalue weighted by Crippen LogP contribution is 2.21. The molecular formula is C16H22IN5O2. The van der Waals surface area contributed by atoms with E-state index in [-0.39, 0.29) is 6.61 Å². The van der Waals surface area contributed by atoms with Gasteiger partial charge in [0, 0.05) is 25.3 Å². The minimum Gasteiger partial charge on any atom is -0.490 e. The van der Waals surface area contributed by atoms with Crippen molar-refractivity contribution in [3.63, 3.8) is 0 Å². The molecule has 3 rings (SSSR count). The Kier molecular flexibility index (Phi) is 6.38. The highest BCUT2D eigenvalue weighted by molar-refractivity contribution is 14.1. The molecule has 1 fully saturated rings. The number of hydrogen-bond donors (Lipinski definition) is 1. The van der Waals surface area contributed by atoms with E-state index in [4.69, 9.17) is 9.84 Å². The lowest BCUT2D eigenvalue weighted by Crippen LogP contribution is -2.49. The van der Waals surface area contributed by atoms with Gasteiger partial charge < -0.3 is 9.84 Å². The summed E-state index contributed by atoms with van der Waals surface area (Å²) in [5, 5.41) is 17.2. The highest BCUT2D eigenvalue weighted by atomic mass is 127. The van der Waals surface area contributed by atoms with Gasteiger partial charge in [-0.3, -0.25) is 9.88 Å². The van der Waals surface area contributed by atoms with Crippen LogP contribution in [-0.2, 0) is 6.42 Å². The van der Waals surface area contributed by atoms with Gasteiger partial charge in [0.1, 0.15) is 12.4 Å². The molecule has 1 aliphatic heterocycles. The van der Waals surface area contributed by atoms with E-state index in [1.54, 1.807) is 17.1 Å². The second kappa shape index (κ2) is 8.72. The fourth-order valence-electron chi connectivity index (χ4n) is 2.60. The number of aryl methyl sites for hydroxylation is 1. The minimum atomic E-state index is 0.216. The standard InChI is InChI=1S/C16H22IN5O2/c17-12-21-5-4-14(21)11-24-16-7-15(8-18-9-16)22-10-13(19-20-22)3-1-2-6-23/h7-10,14,23H,1-6,11-12H2/t14-/m0/s1. The van der Waals surface area contributed by atoms with E-state index in [2.05, 4.69) is 42.8 Å². The van der Waals surface area contributed by atoms with Crippen molar-refractivity contribution < 1.29 is 9.84 Å². The Morgan fingerprint density at radius 3 is 3.00 bits per heavy atom. The molecule has 3 heterocycles. The highest BCUT2D eigenvalue weighted by Gasteiger charge is 2.27. The molecule has 0 unspecified atom stereocenters. The van der Waals surface area contributed by atoms with Crippen LogP contribution in [0.2, 0.25) is 0 Å². The number of aromatic nitrogens is 4. The molecule has 24 heavy (non-hydrogen) atoms. The smallest absolute Gasteiger partial charge is 0.139 e. The Hall–Kier alpha value is -1.26. The van der Waals surface area contributed by atoms with Gasteiger partial charge in [-0.2, -0.15) is 0 Å². The number of aliphatic hydroxyl groups excluding tert-OH is 1. The van der Waals surface area contributed by atoms with Crippen molar-refractivity contribution in [1.82, 2.24) is 24.9 Å². The molecule has 0 spiro atoms. The Labute approximate surface area is 155 Å². The molecule has 1 atom stereocenters. The summed E-state index contributed by atoms with van der Waals surface area (Å²) in [6.45, 7) is 2.07. The number of nitrogens with zero attached hydrogens (tertiary/aromatic N) is 5. The van der Waals surface area contributed by atoms with Gasteiger partial charge >= 0.3 is 0 Å². The quantitative estimate of drug-likeness (QED) is 0.276. The molecule has 0 amide bonds. The van der Waals surface area contributed by atoms with Gasteiger partial charge in [-0.1, -0.05) is 27.8 Å². The maximum absolute atomic E-state index is 8.83. The monoisotopic (exact) mass is 443 g/mol. The van der Waals surface area contributed by atoms with Crippen LogP contribution >= 0.6 is 22.6 Å². The van der Waals surface area contributed by atoms with Crippen molar-refractivity contribution in [2.24, 2.45) is 0 Å². The molecule has 1 aliphatic rings. The largest absolute Gasteiger partial charge is 0.490 e. The number of ether oxygens (including phenoxy) is 1. The summed E-state index contributed by atoms with van der Waals surface area (Å²) in [5.74, 6) is 0.755. The van der Waals surface area contributed by atoms with Crippen LogP contribution in [0.1, 0.15) is 25.0 Å². The molecule has 0 bridgehead atoms. The van der Waals surface area contributed by atoms with Crippen LogP contribution in [-0.4, -0.2) is 60.3 Å². The second-order valence-corrected chi connectivity index (χ2v) is 6.58. The van der Waals surface area contributed by atoms with E-state index in [1.165, 1.54) is 6.42 Å². The van der Waals surface area contributed by atoms with Gasteiger partial charge in [0.25, 0.3) is 0 Å². The van der Waals surface area contributed by atoms with Crippen LogP contribution in [0.15, 0.2) is 24.7 Å². The first-order chi connectivity index (χ1) is 11.8.